The van der Waals surface area contributed by atoms with Crippen LogP contribution in [0.15, 0.2) is 12.4 Å². The van der Waals surface area contributed by atoms with Gasteiger partial charge in [-0.25, -0.2) is 4.98 Å². The minimum Gasteiger partial charge on any atom is -0.336 e. The molecule has 2 heterocycles. The molecule has 1 amide bonds. The maximum atomic E-state index is 12.4. The van der Waals surface area contributed by atoms with E-state index in [-0.39, 0.29) is 6.04 Å². The predicted molar refractivity (Wildman–Crippen MR) is 72.5 cm³/mol. The van der Waals surface area contributed by atoms with Crippen LogP contribution in [-0.2, 0) is 11.8 Å². The van der Waals surface area contributed by atoms with Gasteiger partial charge < -0.3 is 14.8 Å². The van der Waals surface area contributed by atoms with E-state index in [9.17, 15) is 4.79 Å². The fourth-order valence-electron chi connectivity index (χ4n) is 2.81. The summed E-state index contributed by atoms with van der Waals surface area (Å²) < 4.78 is 2.01. The summed E-state index contributed by atoms with van der Waals surface area (Å²) in [6.07, 6.45) is 8.14. The molecule has 1 saturated carbocycles. The normalized spacial score (nSPS) is 23.6. The molecule has 1 aromatic heterocycles. The zero-order valence-electron chi connectivity index (χ0n) is 11.5. The Morgan fingerprint density at radius 1 is 1.53 bits per heavy atom. The monoisotopic (exact) mass is 262 g/mol. The molecule has 0 radical (unpaired) electrons. The molecule has 1 unspecified atom stereocenters. The van der Waals surface area contributed by atoms with Gasteiger partial charge in [0.2, 0.25) is 5.91 Å². The first kappa shape index (κ1) is 12.7. The van der Waals surface area contributed by atoms with E-state index in [1.807, 2.05) is 22.7 Å². The maximum absolute atomic E-state index is 12.4. The highest BCUT2D eigenvalue weighted by Gasteiger charge is 2.31. The summed E-state index contributed by atoms with van der Waals surface area (Å²) in [5.74, 6) is 2.09. The van der Waals surface area contributed by atoms with Crippen LogP contribution in [-0.4, -0.2) is 40.0 Å². The van der Waals surface area contributed by atoms with E-state index >= 15 is 0 Å². The largest absolute Gasteiger partial charge is 0.336 e. The van der Waals surface area contributed by atoms with Gasteiger partial charge in [-0.15, -0.1) is 0 Å². The number of aromatic nitrogens is 2. The Morgan fingerprint density at radius 3 is 3.05 bits per heavy atom. The minimum atomic E-state index is 0.0838. The van der Waals surface area contributed by atoms with E-state index in [0.29, 0.717) is 12.3 Å². The second-order valence-corrected chi connectivity index (χ2v) is 5.69. The molecule has 1 aromatic rings. The van der Waals surface area contributed by atoms with Crippen LogP contribution < -0.4 is 5.32 Å². The Morgan fingerprint density at radius 2 is 2.37 bits per heavy atom. The summed E-state index contributed by atoms with van der Waals surface area (Å²) in [7, 11) is 1.99. The van der Waals surface area contributed by atoms with Crippen molar-refractivity contribution in [2.45, 2.75) is 31.7 Å². The SMILES string of the molecule is Cn1ccnc1C1CNCCN1C(=O)CCC1CC1. The third-order valence-corrected chi connectivity index (χ3v) is 4.18. The molecule has 2 aliphatic rings. The number of amides is 1. The van der Waals surface area contributed by atoms with Gasteiger partial charge >= 0.3 is 0 Å². The van der Waals surface area contributed by atoms with E-state index in [4.69, 9.17) is 0 Å². The fourth-order valence-corrected chi connectivity index (χ4v) is 2.81. The standard InChI is InChI=1S/C14H22N4O/c1-17-8-7-16-14(17)12-10-15-6-9-18(12)13(19)5-4-11-2-3-11/h7-8,11-12,15H,2-6,9-10H2,1H3. The summed E-state index contributed by atoms with van der Waals surface area (Å²) in [5, 5.41) is 3.37. The van der Waals surface area contributed by atoms with Crippen LogP contribution in [0, 0.1) is 5.92 Å². The molecule has 2 fully saturated rings. The topological polar surface area (TPSA) is 50.2 Å². The predicted octanol–water partition coefficient (Wildman–Crippen LogP) is 1.08. The van der Waals surface area contributed by atoms with Crippen molar-refractivity contribution in [1.82, 2.24) is 19.8 Å². The lowest BCUT2D eigenvalue weighted by atomic mass is 10.1. The van der Waals surface area contributed by atoms with Crippen LogP contribution in [0.3, 0.4) is 0 Å². The smallest absolute Gasteiger partial charge is 0.223 e. The molecule has 5 nitrogen and oxygen atoms in total. The summed E-state index contributed by atoms with van der Waals surface area (Å²) in [6, 6.07) is 0.0838. The van der Waals surface area contributed by atoms with Crippen molar-refractivity contribution < 1.29 is 4.79 Å². The Kier molecular flexibility index (Phi) is 3.55. The number of hydrogen-bond donors (Lipinski definition) is 1. The molecule has 19 heavy (non-hydrogen) atoms. The number of aryl methyl sites for hydroxylation is 1. The minimum absolute atomic E-state index is 0.0838. The molecule has 0 spiro atoms. The van der Waals surface area contributed by atoms with Gasteiger partial charge in [0, 0.05) is 45.5 Å². The molecule has 1 atom stereocenters. The molecule has 1 saturated heterocycles. The third kappa shape index (κ3) is 2.81. The highest BCUT2D eigenvalue weighted by molar-refractivity contribution is 5.76. The van der Waals surface area contributed by atoms with Crippen LogP contribution in [0.2, 0.25) is 0 Å². The van der Waals surface area contributed by atoms with Gasteiger partial charge in [0.1, 0.15) is 11.9 Å². The number of carbonyl (C=O) groups excluding carboxylic acids is 1. The second kappa shape index (κ2) is 5.33. The van der Waals surface area contributed by atoms with Crippen molar-refractivity contribution in [2.24, 2.45) is 13.0 Å². The van der Waals surface area contributed by atoms with Crippen LogP contribution in [0.25, 0.3) is 0 Å². The highest BCUT2D eigenvalue weighted by Crippen LogP contribution is 2.34. The number of nitrogens with zero attached hydrogens (tertiary/aromatic N) is 3. The van der Waals surface area contributed by atoms with Crippen molar-refractivity contribution in [2.75, 3.05) is 19.6 Å². The van der Waals surface area contributed by atoms with E-state index in [1.54, 1.807) is 6.20 Å². The molecular weight excluding hydrogens is 240 g/mol. The molecule has 3 rings (SSSR count). The lowest BCUT2D eigenvalue weighted by Gasteiger charge is -2.35. The van der Waals surface area contributed by atoms with E-state index in [1.165, 1.54) is 12.8 Å². The van der Waals surface area contributed by atoms with Gasteiger partial charge in [0.05, 0.1) is 0 Å². The summed E-state index contributed by atoms with van der Waals surface area (Å²) in [5.41, 5.74) is 0. The van der Waals surface area contributed by atoms with Gasteiger partial charge in [-0.3, -0.25) is 4.79 Å². The van der Waals surface area contributed by atoms with E-state index in [2.05, 4.69) is 10.3 Å². The lowest BCUT2D eigenvalue weighted by Crippen LogP contribution is -2.49. The first-order chi connectivity index (χ1) is 9.25. The average molecular weight is 262 g/mol. The lowest BCUT2D eigenvalue weighted by molar-refractivity contribution is -0.135. The molecule has 104 valence electrons. The molecule has 1 N–H and O–H groups in total. The zero-order valence-corrected chi connectivity index (χ0v) is 11.5. The summed E-state index contributed by atoms with van der Waals surface area (Å²) in [6.45, 7) is 2.48. The van der Waals surface area contributed by atoms with Crippen LogP contribution in [0.5, 0.6) is 0 Å². The maximum Gasteiger partial charge on any atom is 0.223 e. The van der Waals surface area contributed by atoms with Gasteiger partial charge in [0.25, 0.3) is 0 Å². The number of imidazole rings is 1. The van der Waals surface area contributed by atoms with Crippen LogP contribution in [0.1, 0.15) is 37.5 Å². The van der Waals surface area contributed by atoms with Crippen molar-refractivity contribution in [3.63, 3.8) is 0 Å². The first-order valence-electron chi connectivity index (χ1n) is 7.23. The summed E-state index contributed by atoms with van der Waals surface area (Å²) in [4.78, 5) is 18.8. The van der Waals surface area contributed by atoms with Gasteiger partial charge in [-0.2, -0.15) is 0 Å². The number of piperazine rings is 1. The molecule has 0 bridgehead atoms. The second-order valence-electron chi connectivity index (χ2n) is 5.69. The molecule has 5 heteroatoms. The number of carbonyl (C=O) groups is 1. The Hall–Kier alpha value is -1.36. The van der Waals surface area contributed by atoms with Crippen LogP contribution >= 0.6 is 0 Å². The molecule has 1 aliphatic carbocycles. The number of hydrogen-bond acceptors (Lipinski definition) is 3. The molecule has 1 aliphatic heterocycles. The van der Waals surface area contributed by atoms with Gasteiger partial charge in [0.15, 0.2) is 0 Å². The van der Waals surface area contributed by atoms with Crippen molar-refractivity contribution in [3.8, 4) is 0 Å². The van der Waals surface area contributed by atoms with Crippen molar-refractivity contribution >= 4 is 5.91 Å². The van der Waals surface area contributed by atoms with E-state index < -0.39 is 0 Å². The first-order valence-corrected chi connectivity index (χ1v) is 7.23. The number of rotatable bonds is 4. The van der Waals surface area contributed by atoms with Crippen molar-refractivity contribution in [3.05, 3.63) is 18.2 Å². The summed E-state index contributed by atoms with van der Waals surface area (Å²) >= 11 is 0. The molecule has 0 aromatic carbocycles. The zero-order chi connectivity index (χ0) is 13.2. The van der Waals surface area contributed by atoms with E-state index in [0.717, 1.165) is 37.8 Å². The average Bonchev–Trinajstić information content (AvgIpc) is 3.17. The Bertz CT molecular complexity index is 452. The third-order valence-electron chi connectivity index (χ3n) is 4.18. The van der Waals surface area contributed by atoms with Crippen molar-refractivity contribution in [1.29, 1.82) is 0 Å². The fraction of sp³-hybridized carbons (Fsp3) is 0.714. The Balaban J connectivity index is 1.69. The van der Waals surface area contributed by atoms with Gasteiger partial charge in [-0.1, -0.05) is 12.8 Å². The Labute approximate surface area is 114 Å². The number of nitrogens with one attached hydrogen (secondary N) is 1. The molecular formula is C14H22N4O. The highest BCUT2D eigenvalue weighted by atomic mass is 16.2. The van der Waals surface area contributed by atoms with Crippen LogP contribution in [0.4, 0.5) is 0 Å². The van der Waals surface area contributed by atoms with Gasteiger partial charge in [-0.05, 0) is 12.3 Å². The quantitative estimate of drug-likeness (QED) is 0.883.